The first kappa shape index (κ1) is 13.5. The number of β-amino-alcohol motifs (C(OH)–C–C–N with tert-alkyl or cyclic N) is 1. The molecule has 1 aliphatic heterocycles. The second-order valence-electron chi connectivity index (χ2n) is 5.57. The first-order valence-electron chi connectivity index (χ1n) is 6.72. The summed E-state index contributed by atoms with van der Waals surface area (Å²) in [5.41, 5.74) is 0.794. The van der Waals surface area contributed by atoms with Gasteiger partial charge >= 0.3 is 0 Å². The van der Waals surface area contributed by atoms with Gasteiger partial charge in [0.2, 0.25) is 0 Å². The molecule has 1 heterocycles. The van der Waals surface area contributed by atoms with Crippen LogP contribution < -0.4 is 0 Å². The number of piperidine rings is 1. The van der Waals surface area contributed by atoms with Gasteiger partial charge in [-0.05, 0) is 42.5 Å². The zero-order chi connectivity index (χ0) is 13.1. The number of halogens is 1. The molecule has 0 aromatic heterocycles. The van der Waals surface area contributed by atoms with E-state index in [0.717, 1.165) is 24.6 Å². The summed E-state index contributed by atoms with van der Waals surface area (Å²) >= 11 is 0. The van der Waals surface area contributed by atoms with E-state index in [1.165, 1.54) is 18.6 Å². The van der Waals surface area contributed by atoms with Gasteiger partial charge < -0.3 is 10.0 Å². The van der Waals surface area contributed by atoms with Crippen LogP contribution in [0.2, 0.25) is 0 Å². The highest BCUT2D eigenvalue weighted by molar-refractivity contribution is 5.18. The Morgan fingerprint density at radius 1 is 1.28 bits per heavy atom. The van der Waals surface area contributed by atoms with Crippen molar-refractivity contribution < 1.29 is 9.50 Å². The molecule has 1 aromatic carbocycles. The summed E-state index contributed by atoms with van der Waals surface area (Å²) in [6, 6.07) is 6.13. The topological polar surface area (TPSA) is 23.5 Å². The lowest BCUT2D eigenvalue weighted by Crippen LogP contribution is -2.40. The molecule has 100 valence electrons. The molecule has 2 nitrogen and oxygen atoms in total. The smallest absolute Gasteiger partial charge is 0.123 e. The average molecular weight is 251 g/mol. The minimum absolute atomic E-state index is 0.258. The van der Waals surface area contributed by atoms with Crippen molar-refractivity contribution in [1.82, 2.24) is 4.90 Å². The Labute approximate surface area is 108 Å². The van der Waals surface area contributed by atoms with Crippen LogP contribution in [0.15, 0.2) is 24.3 Å². The average Bonchev–Trinajstić information content (AvgIpc) is 2.34. The predicted molar refractivity (Wildman–Crippen MR) is 70.7 cm³/mol. The summed E-state index contributed by atoms with van der Waals surface area (Å²) in [4.78, 5) is 2.30. The molecule has 3 unspecified atom stereocenters. The molecule has 1 aliphatic rings. The highest BCUT2D eigenvalue weighted by atomic mass is 19.1. The molecule has 0 bridgehead atoms. The lowest BCUT2D eigenvalue weighted by molar-refractivity contribution is 0.0705. The Morgan fingerprint density at radius 3 is 2.56 bits per heavy atom. The van der Waals surface area contributed by atoms with Crippen molar-refractivity contribution in [2.75, 3.05) is 19.6 Å². The van der Waals surface area contributed by atoms with Crippen LogP contribution in [-0.4, -0.2) is 29.6 Å². The van der Waals surface area contributed by atoms with Crippen molar-refractivity contribution in [3.8, 4) is 0 Å². The third kappa shape index (κ3) is 3.30. The van der Waals surface area contributed by atoms with Gasteiger partial charge in [-0.25, -0.2) is 4.39 Å². The van der Waals surface area contributed by atoms with Gasteiger partial charge in [-0.1, -0.05) is 26.0 Å². The van der Waals surface area contributed by atoms with E-state index < -0.39 is 6.10 Å². The minimum atomic E-state index is -0.522. The summed E-state index contributed by atoms with van der Waals surface area (Å²) in [5, 5.41) is 10.2. The minimum Gasteiger partial charge on any atom is -0.387 e. The zero-order valence-corrected chi connectivity index (χ0v) is 11.1. The molecule has 2 rings (SSSR count). The number of aliphatic hydroxyl groups excluding tert-OH is 1. The van der Waals surface area contributed by atoms with Crippen LogP contribution >= 0.6 is 0 Å². The maximum atomic E-state index is 12.8. The van der Waals surface area contributed by atoms with Gasteiger partial charge in [0.25, 0.3) is 0 Å². The van der Waals surface area contributed by atoms with Crippen LogP contribution in [0.3, 0.4) is 0 Å². The van der Waals surface area contributed by atoms with Crippen molar-refractivity contribution >= 4 is 0 Å². The number of rotatable bonds is 3. The van der Waals surface area contributed by atoms with Gasteiger partial charge in [0.15, 0.2) is 0 Å². The largest absolute Gasteiger partial charge is 0.387 e. The van der Waals surface area contributed by atoms with Crippen molar-refractivity contribution in [2.45, 2.75) is 26.4 Å². The van der Waals surface area contributed by atoms with E-state index in [-0.39, 0.29) is 5.82 Å². The Bertz CT molecular complexity index is 379. The molecule has 0 saturated carbocycles. The number of hydrogen-bond acceptors (Lipinski definition) is 2. The van der Waals surface area contributed by atoms with Crippen molar-refractivity contribution in [2.24, 2.45) is 11.8 Å². The van der Waals surface area contributed by atoms with E-state index >= 15 is 0 Å². The van der Waals surface area contributed by atoms with E-state index in [0.29, 0.717) is 12.5 Å². The van der Waals surface area contributed by atoms with Crippen LogP contribution in [-0.2, 0) is 0 Å². The van der Waals surface area contributed by atoms with Gasteiger partial charge in [0.1, 0.15) is 5.82 Å². The van der Waals surface area contributed by atoms with E-state index in [9.17, 15) is 9.50 Å². The molecule has 1 N–H and O–H groups in total. The van der Waals surface area contributed by atoms with Gasteiger partial charge in [-0.3, -0.25) is 0 Å². The van der Waals surface area contributed by atoms with Crippen LogP contribution in [0.25, 0.3) is 0 Å². The van der Waals surface area contributed by atoms with Gasteiger partial charge in [0, 0.05) is 13.1 Å². The van der Waals surface area contributed by atoms with E-state index in [1.54, 1.807) is 12.1 Å². The zero-order valence-electron chi connectivity index (χ0n) is 11.1. The highest BCUT2D eigenvalue weighted by Crippen LogP contribution is 2.24. The molecule has 18 heavy (non-hydrogen) atoms. The van der Waals surface area contributed by atoms with Crippen molar-refractivity contribution in [1.29, 1.82) is 0 Å². The summed E-state index contributed by atoms with van der Waals surface area (Å²) in [6.07, 6.45) is 0.670. The fourth-order valence-electron chi connectivity index (χ4n) is 2.55. The maximum Gasteiger partial charge on any atom is 0.123 e. The molecule has 1 saturated heterocycles. The summed E-state index contributed by atoms with van der Waals surface area (Å²) in [7, 11) is 0. The number of benzene rings is 1. The number of aliphatic hydroxyl groups is 1. The standard InChI is InChI=1S/C15H22FNO/c1-11-7-8-17(9-12(11)2)10-15(18)13-3-5-14(16)6-4-13/h3-6,11-12,15,18H,7-10H2,1-2H3. The first-order valence-corrected chi connectivity index (χ1v) is 6.72. The molecule has 0 amide bonds. The van der Waals surface area contributed by atoms with Crippen LogP contribution in [0.4, 0.5) is 4.39 Å². The monoisotopic (exact) mass is 251 g/mol. The Kier molecular flexibility index (Phi) is 4.36. The molecule has 0 aliphatic carbocycles. The van der Waals surface area contributed by atoms with Crippen LogP contribution in [0.5, 0.6) is 0 Å². The third-order valence-electron chi connectivity index (χ3n) is 4.10. The molecular formula is C15H22FNO. The Morgan fingerprint density at radius 2 is 1.94 bits per heavy atom. The predicted octanol–water partition coefficient (Wildman–Crippen LogP) is 2.84. The normalized spacial score (nSPS) is 27.1. The fourth-order valence-corrected chi connectivity index (χ4v) is 2.55. The lowest BCUT2D eigenvalue weighted by Gasteiger charge is -2.36. The fraction of sp³-hybridized carbons (Fsp3) is 0.600. The number of hydrogen-bond donors (Lipinski definition) is 1. The third-order valence-corrected chi connectivity index (χ3v) is 4.10. The molecule has 0 radical (unpaired) electrons. The highest BCUT2D eigenvalue weighted by Gasteiger charge is 2.24. The first-order chi connectivity index (χ1) is 8.56. The second kappa shape index (κ2) is 5.81. The van der Waals surface area contributed by atoms with Gasteiger partial charge in [0.05, 0.1) is 6.10 Å². The lowest BCUT2D eigenvalue weighted by atomic mass is 9.88. The molecule has 3 heteroatoms. The number of nitrogens with zero attached hydrogens (tertiary/aromatic N) is 1. The summed E-state index contributed by atoms with van der Waals surface area (Å²) < 4.78 is 12.8. The van der Waals surface area contributed by atoms with E-state index in [4.69, 9.17) is 0 Å². The quantitative estimate of drug-likeness (QED) is 0.893. The number of likely N-dealkylation sites (tertiary alicyclic amines) is 1. The molecule has 1 aromatic rings. The SMILES string of the molecule is CC1CCN(CC(O)c2ccc(F)cc2)CC1C. The molecule has 0 spiro atoms. The molecular weight excluding hydrogens is 229 g/mol. The van der Waals surface area contributed by atoms with Crippen LogP contribution in [0.1, 0.15) is 31.9 Å². The molecule has 1 fully saturated rings. The molecule has 3 atom stereocenters. The Balaban J connectivity index is 1.91. The van der Waals surface area contributed by atoms with Gasteiger partial charge in [-0.15, -0.1) is 0 Å². The van der Waals surface area contributed by atoms with E-state index in [1.807, 2.05) is 0 Å². The van der Waals surface area contributed by atoms with E-state index in [2.05, 4.69) is 18.7 Å². The summed E-state index contributed by atoms with van der Waals surface area (Å²) in [5.74, 6) is 1.19. The summed E-state index contributed by atoms with van der Waals surface area (Å²) in [6.45, 7) is 7.28. The second-order valence-corrected chi connectivity index (χ2v) is 5.57. The van der Waals surface area contributed by atoms with Gasteiger partial charge in [-0.2, -0.15) is 0 Å². The van der Waals surface area contributed by atoms with Crippen molar-refractivity contribution in [3.63, 3.8) is 0 Å². The van der Waals surface area contributed by atoms with Crippen molar-refractivity contribution in [3.05, 3.63) is 35.6 Å². The Hall–Kier alpha value is -0.930. The maximum absolute atomic E-state index is 12.8. The van der Waals surface area contributed by atoms with Crippen LogP contribution in [0, 0.1) is 17.7 Å².